The molecule has 1 N–H and O–H groups in total. The highest BCUT2D eigenvalue weighted by molar-refractivity contribution is 7.98. The van der Waals surface area contributed by atoms with Crippen LogP contribution in [0.15, 0.2) is 34.5 Å². The lowest BCUT2D eigenvalue weighted by atomic mass is 10.1. The van der Waals surface area contributed by atoms with E-state index in [0.29, 0.717) is 6.61 Å². The molecule has 0 spiro atoms. The molecule has 0 bridgehead atoms. The smallest absolute Gasteiger partial charge is 0.166 e. The van der Waals surface area contributed by atoms with E-state index in [9.17, 15) is 0 Å². The quantitative estimate of drug-likeness (QED) is 0.708. The van der Waals surface area contributed by atoms with E-state index in [1.54, 1.807) is 18.0 Å². The Labute approximate surface area is 144 Å². The van der Waals surface area contributed by atoms with Gasteiger partial charge in [0.25, 0.3) is 0 Å². The summed E-state index contributed by atoms with van der Waals surface area (Å²) in [6.45, 7) is 4.70. The first-order valence-corrected chi connectivity index (χ1v) is 8.98. The summed E-state index contributed by atoms with van der Waals surface area (Å²) in [7, 11) is 0. The number of H-pyrrole nitrogens is 1. The van der Waals surface area contributed by atoms with Gasteiger partial charge in [-0.2, -0.15) is 0 Å². The molecule has 0 saturated heterocycles. The maximum Gasteiger partial charge on any atom is 0.166 e. The van der Waals surface area contributed by atoms with E-state index in [4.69, 9.17) is 4.74 Å². The van der Waals surface area contributed by atoms with Gasteiger partial charge in [0.15, 0.2) is 5.16 Å². The van der Waals surface area contributed by atoms with Gasteiger partial charge in [0.1, 0.15) is 5.75 Å². The largest absolute Gasteiger partial charge is 0.493 e. The predicted octanol–water partition coefficient (Wildman–Crippen LogP) is 4.22. The molecule has 1 aliphatic heterocycles. The number of rotatable bonds is 5. The van der Waals surface area contributed by atoms with E-state index < -0.39 is 0 Å². The maximum absolute atomic E-state index is 5.64. The van der Waals surface area contributed by atoms with Crippen molar-refractivity contribution in [1.29, 1.82) is 0 Å². The number of ether oxygens (including phenoxy) is 1. The molecule has 24 heavy (non-hydrogen) atoms. The van der Waals surface area contributed by atoms with Gasteiger partial charge in [0, 0.05) is 30.1 Å². The molecule has 3 aromatic rings. The second-order valence-corrected chi connectivity index (χ2v) is 6.62. The van der Waals surface area contributed by atoms with Gasteiger partial charge in [-0.3, -0.25) is 9.98 Å². The van der Waals surface area contributed by atoms with Crippen LogP contribution in [0.4, 0.5) is 5.69 Å². The molecule has 4 rings (SSSR count). The minimum Gasteiger partial charge on any atom is -0.493 e. The first-order chi connectivity index (χ1) is 11.7. The van der Waals surface area contributed by atoms with Crippen molar-refractivity contribution in [1.82, 2.24) is 15.0 Å². The number of nitrogens with zero attached hydrogens (tertiary/aromatic N) is 3. The van der Waals surface area contributed by atoms with E-state index >= 15 is 0 Å². The summed E-state index contributed by atoms with van der Waals surface area (Å²) in [4.78, 5) is 16.9. The van der Waals surface area contributed by atoms with E-state index in [-0.39, 0.29) is 0 Å². The van der Waals surface area contributed by atoms with E-state index in [0.717, 1.165) is 51.1 Å². The predicted molar refractivity (Wildman–Crippen MR) is 97.7 cm³/mol. The highest BCUT2D eigenvalue weighted by atomic mass is 32.2. The topological polar surface area (TPSA) is 63.2 Å². The van der Waals surface area contributed by atoms with Gasteiger partial charge >= 0.3 is 0 Å². The van der Waals surface area contributed by atoms with Crippen LogP contribution in [0, 0.1) is 6.92 Å². The maximum atomic E-state index is 5.64. The molecular weight excluding hydrogens is 320 g/mol. The number of hydrogen-bond acceptors (Lipinski definition) is 5. The van der Waals surface area contributed by atoms with Crippen LogP contribution in [-0.4, -0.2) is 27.8 Å². The molecule has 3 heterocycles. The number of aromatic amines is 1. The van der Waals surface area contributed by atoms with Gasteiger partial charge in [-0.15, -0.1) is 0 Å². The third-order valence-electron chi connectivity index (χ3n) is 4.11. The van der Waals surface area contributed by atoms with Crippen LogP contribution < -0.4 is 4.74 Å². The third kappa shape index (κ3) is 2.78. The van der Waals surface area contributed by atoms with Crippen molar-refractivity contribution >= 4 is 34.7 Å². The first kappa shape index (κ1) is 15.2. The van der Waals surface area contributed by atoms with Gasteiger partial charge in [-0.25, -0.2) is 4.98 Å². The Morgan fingerprint density at radius 3 is 3.12 bits per heavy atom. The van der Waals surface area contributed by atoms with Gasteiger partial charge in [0.05, 0.1) is 29.0 Å². The molecule has 0 unspecified atom stereocenters. The SMILES string of the molecule is CCOc1ccnc(CSc2nc3cc4c(cc3[nH]2)N=CC4)c1C. The van der Waals surface area contributed by atoms with Crippen LogP contribution >= 0.6 is 11.8 Å². The number of hydrogen-bond donors (Lipinski definition) is 1. The van der Waals surface area contributed by atoms with Gasteiger partial charge < -0.3 is 9.72 Å². The Hall–Kier alpha value is -2.34. The Balaban J connectivity index is 1.55. The summed E-state index contributed by atoms with van der Waals surface area (Å²) in [5.74, 6) is 1.66. The van der Waals surface area contributed by atoms with Crippen molar-refractivity contribution in [2.45, 2.75) is 31.2 Å². The lowest BCUT2D eigenvalue weighted by Crippen LogP contribution is -1.99. The lowest BCUT2D eigenvalue weighted by Gasteiger charge is -2.09. The van der Waals surface area contributed by atoms with Crippen molar-refractivity contribution in [2.24, 2.45) is 4.99 Å². The number of fused-ring (bicyclic) bond motifs is 2. The van der Waals surface area contributed by atoms with Crippen LogP contribution in [0.5, 0.6) is 5.75 Å². The molecule has 0 amide bonds. The normalized spacial score (nSPS) is 12.8. The van der Waals surface area contributed by atoms with Crippen LogP contribution in [0.2, 0.25) is 0 Å². The Kier molecular flexibility index (Phi) is 3.98. The fraction of sp³-hybridized carbons (Fsp3) is 0.278. The second-order valence-electron chi connectivity index (χ2n) is 5.66. The fourth-order valence-corrected chi connectivity index (χ4v) is 3.72. The molecule has 0 fully saturated rings. The highest BCUT2D eigenvalue weighted by Gasteiger charge is 2.12. The highest BCUT2D eigenvalue weighted by Crippen LogP contribution is 2.31. The first-order valence-electron chi connectivity index (χ1n) is 8.00. The average Bonchev–Trinajstić information content (AvgIpc) is 3.18. The van der Waals surface area contributed by atoms with Crippen LogP contribution in [-0.2, 0) is 12.2 Å². The van der Waals surface area contributed by atoms with Gasteiger partial charge in [-0.1, -0.05) is 11.8 Å². The fourth-order valence-electron chi connectivity index (χ4n) is 2.81. The van der Waals surface area contributed by atoms with Crippen molar-refractivity contribution < 1.29 is 4.74 Å². The number of thioether (sulfide) groups is 1. The minimum absolute atomic E-state index is 0.661. The van der Waals surface area contributed by atoms with E-state index in [1.165, 1.54) is 5.56 Å². The van der Waals surface area contributed by atoms with Crippen LogP contribution in [0.25, 0.3) is 11.0 Å². The Bertz CT molecular complexity index is 932. The van der Waals surface area contributed by atoms with E-state index in [1.807, 2.05) is 19.2 Å². The number of imidazole rings is 1. The second kappa shape index (κ2) is 6.28. The summed E-state index contributed by atoms with van der Waals surface area (Å²) >= 11 is 1.65. The zero-order valence-electron chi connectivity index (χ0n) is 13.7. The number of aliphatic imine (C=N–C) groups is 1. The molecule has 0 saturated carbocycles. The molecular formula is C18H18N4OS. The van der Waals surface area contributed by atoms with Crippen LogP contribution in [0.1, 0.15) is 23.7 Å². The zero-order chi connectivity index (χ0) is 16.5. The summed E-state index contributed by atoms with van der Waals surface area (Å²) < 4.78 is 5.64. The number of pyridine rings is 1. The summed E-state index contributed by atoms with van der Waals surface area (Å²) in [5, 5.41) is 0.903. The van der Waals surface area contributed by atoms with Crippen molar-refractivity contribution in [3.05, 3.63) is 41.2 Å². The van der Waals surface area contributed by atoms with Crippen molar-refractivity contribution in [2.75, 3.05) is 6.61 Å². The van der Waals surface area contributed by atoms with Gasteiger partial charge in [0.2, 0.25) is 0 Å². The van der Waals surface area contributed by atoms with Crippen LogP contribution in [0.3, 0.4) is 0 Å². The summed E-state index contributed by atoms with van der Waals surface area (Å²) in [6, 6.07) is 6.11. The van der Waals surface area contributed by atoms with Gasteiger partial charge in [-0.05, 0) is 37.6 Å². The lowest BCUT2D eigenvalue weighted by molar-refractivity contribution is 0.337. The number of nitrogens with one attached hydrogen (secondary N) is 1. The number of aromatic nitrogens is 3. The third-order valence-corrected chi connectivity index (χ3v) is 4.99. The molecule has 122 valence electrons. The molecule has 2 aromatic heterocycles. The van der Waals surface area contributed by atoms with E-state index in [2.05, 4.69) is 39.0 Å². The molecule has 0 radical (unpaired) electrons. The average molecular weight is 338 g/mol. The number of benzene rings is 1. The Morgan fingerprint density at radius 2 is 2.25 bits per heavy atom. The summed E-state index contributed by atoms with van der Waals surface area (Å²) in [5.41, 5.74) is 6.43. The minimum atomic E-state index is 0.661. The monoisotopic (exact) mass is 338 g/mol. The molecule has 0 atom stereocenters. The standard InChI is InChI=1S/C18H18N4OS/c1-3-23-17-5-7-20-16(11(17)2)10-24-18-21-14-8-12-4-6-19-13(12)9-15(14)22-18/h5-9H,3-4,10H2,1-2H3,(H,21,22). The molecule has 6 heteroatoms. The van der Waals surface area contributed by atoms with Crippen molar-refractivity contribution in [3.8, 4) is 5.75 Å². The molecule has 1 aliphatic rings. The Morgan fingerprint density at radius 1 is 1.33 bits per heavy atom. The summed E-state index contributed by atoms with van der Waals surface area (Å²) in [6.07, 6.45) is 4.64. The molecule has 1 aromatic carbocycles. The molecule has 0 aliphatic carbocycles. The molecule has 5 nitrogen and oxygen atoms in total. The zero-order valence-corrected chi connectivity index (χ0v) is 14.5. The van der Waals surface area contributed by atoms with Crippen molar-refractivity contribution in [3.63, 3.8) is 0 Å².